The SMILES string of the molecule is COC(C)(C)C[C@H]1N[C@@H](C(=O)NCC[C@H](O)CO)[C@H](c2ccc(F)c(C)c2)[C@@]12C(=O)Nc1cc(Cl)c(F)cc12. The molecular formula is C28H34ClF2N3O5. The predicted octanol–water partition coefficient (Wildman–Crippen LogP) is 2.92. The fourth-order valence-corrected chi connectivity index (χ4v) is 5.98. The van der Waals surface area contributed by atoms with Crippen LogP contribution in [0.25, 0.3) is 0 Å². The Morgan fingerprint density at radius 1 is 1.26 bits per heavy atom. The molecule has 4 rings (SSSR count). The highest BCUT2D eigenvalue weighted by Gasteiger charge is 2.66. The molecule has 5 atom stereocenters. The summed E-state index contributed by atoms with van der Waals surface area (Å²) < 4.78 is 35.0. The number of amides is 2. The molecule has 1 fully saturated rings. The molecule has 0 aromatic heterocycles. The average Bonchev–Trinajstić information content (AvgIpc) is 3.36. The summed E-state index contributed by atoms with van der Waals surface area (Å²) in [4.78, 5) is 27.7. The van der Waals surface area contributed by atoms with E-state index < -0.39 is 65.2 Å². The molecule has 2 aliphatic heterocycles. The van der Waals surface area contributed by atoms with Crippen molar-refractivity contribution < 1.29 is 33.3 Å². The highest BCUT2D eigenvalue weighted by atomic mass is 35.5. The molecule has 39 heavy (non-hydrogen) atoms. The van der Waals surface area contributed by atoms with Crippen molar-refractivity contribution in [3.63, 3.8) is 0 Å². The van der Waals surface area contributed by atoms with Crippen LogP contribution in [-0.4, -0.2) is 66.1 Å². The lowest BCUT2D eigenvalue weighted by atomic mass is 9.63. The summed E-state index contributed by atoms with van der Waals surface area (Å²) in [5.41, 5.74) is -0.685. The zero-order valence-corrected chi connectivity index (χ0v) is 23.0. The average molecular weight is 566 g/mol. The number of fused-ring (bicyclic) bond motifs is 2. The number of methoxy groups -OCH3 is 1. The highest BCUT2D eigenvalue weighted by molar-refractivity contribution is 6.31. The highest BCUT2D eigenvalue weighted by Crippen LogP contribution is 2.56. The van der Waals surface area contributed by atoms with Crippen LogP contribution in [0.2, 0.25) is 5.02 Å². The van der Waals surface area contributed by atoms with Gasteiger partial charge in [0.2, 0.25) is 11.8 Å². The standard InChI is InChI=1S/C28H34ClF2N3O5/c1-14-9-15(5-6-19(14)30)23-24(25(37)32-8-7-16(36)13-35)34-22(12-27(2,3)39-4)28(23)17-10-20(31)18(29)11-21(17)33-26(28)38/h5-6,9-11,16,22-24,34-36H,7-8,12-13H2,1-4H3,(H,32,37)(H,33,38)/t16-,22+,23-,24+,28-/m0/s1. The molecule has 1 spiro atoms. The van der Waals surface area contributed by atoms with Crippen LogP contribution in [0.5, 0.6) is 0 Å². The maximum Gasteiger partial charge on any atom is 0.237 e. The van der Waals surface area contributed by atoms with E-state index in [1.54, 1.807) is 20.1 Å². The second-order valence-electron chi connectivity index (χ2n) is 10.9. The van der Waals surface area contributed by atoms with E-state index in [2.05, 4.69) is 16.0 Å². The number of hydrogen-bond acceptors (Lipinski definition) is 6. The summed E-state index contributed by atoms with van der Waals surface area (Å²) >= 11 is 6.06. The first kappa shape index (κ1) is 29.4. The molecular weight excluding hydrogens is 532 g/mol. The van der Waals surface area contributed by atoms with Crippen molar-refractivity contribution in [3.8, 4) is 0 Å². The minimum Gasteiger partial charge on any atom is -0.394 e. The summed E-state index contributed by atoms with van der Waals surface area (Å²) in [5, 5.41) is 27.6. The lowest BCUT2D eigenvalue weighted by molar-refractivity contribution is -0.124. The molecule has 2 aromatic carbocycles. The Hall–Kier alpha value is -2.63. The fraction of sp³-hybridized carbons (Fsp3) is 0.500. The van der Waals surface area contributed by atoms with Crippen LogP contribution in [0.3, 0.4) is 0 Å². The van der Waals surface area contributed by atoms with Gasteiger partial charge in [-0.15, -0.1) is 0 Å². The summed E-state index contributed by atoms with van der Waals surface area (Å²) in [6, 6.07) is 5.30. The Morgan fingerprint density at radius 2 is 1.97 bits per heavy atom. The molecule has 2 heterocycles. The second kappa shape index (κ2) is 11.1. The van der Waals surface area contributed by atoms with Crippen LogP contribution in [0, 0.1) is 18.6 Å². The molecule has 0 unspecified atom stereocenters. The number of hydrogen-bond donors (Lipinski definition) is 5. The van der Waals surface area contributed by atoms with Gasteiger partial charge in [0, 0.05) is 31.3 Å². The van der Waals surface area contributed by atoms with Gasteiger partial charge < -0.3 is 30.9 Å². The van der Waals surface area contributed by atoms with Crippen molar-refractivity contribution in [2.75, 3.05) is 25.6 Å². The molecule has 212 valence electrons. The number of aliphatic hydroxyl groups is 2. The third-order valence-corrected chi connectivity index (χ3v) is 8.23. The third kappa shape index (κ3) is 5.28. The van der Waals surface area contributed by atoms with Crippen LogP contribution in [-0.2, 0) is 19.7 Å². The van der Waals surface area contributed by atoms with Gasteiger partial charge in [0.15, 0.2) is 0 Å². The monoisotopic (exact) mass is 565 g/mol. The summed E-state index contributed by atoms with van der Waals surface area (Å²) in [6.45, 7) is 4.91. The number of aliphatic hydroxyl groups excluding tert-OH is 2. The molecule has 0 saturated carbocycles. The smallest absolute Gasteiger partial charge is 0.237 e. The van der Waals surface area contributed by atoms with E-state index in [0.717, 1.165) is 0 Å². The number of carbonyl (C=O) groups is 2. The molecule has 5 N–H and O–H groups in total. The van der Waals surface area contributed by atoms with E-state index in [-0.39, 0.29) is 24.4 Å². The lowest BCUT2D eigenvalue weighted by Crippen LogP contribution is -2.51. The Labute approximate surface area is 231 Å². The fourth-order valence-electron chi connectivity index (χ4n) is 5.82. The maximum absolute atomic E-state index is 15.0. The quantitative estimate of drug-likeness (QED) is 0.319. The number of nitrogens with one attached hydrogen (secondary N) is 3. The summed E-state index contributed by atoms with van der Waals surface area (Å²) in [6.07, 6.45) is -0.614. The second-order valence-corrected chi connectivity index (χ2v) is 11.3. The lowest BCUT2D eigenvalue weighted by Gasteiger charge is -2.38. The molecule has 0 bridgehead atoms. The first-order valence-corrected chi connectivity index (χ1v) is 13.2. The van der Waals surface area contributed by atoms with E-state index in [9.17, 15) is 23.5 Å². The zero-order valence-electron chi connectivity index (χ0n) is 22.3. The van der Waals surface area contributed by atoms with Gasteiger partial charge in [-0.25, -0.2) is 8.78 Å². The van der Waals surface area contributed by atoms with E-state index in [0.29, 0.717) is 22.4 Å². The van der Waals surface area contributed by atoms with Crippen molar-refractivity contribution in [2.45, 2.75) is 68.7 Å². The number of benzene rings is 2. The third-order valence-electron chi connectivity index (χ3n) is 7.94. The predicted molar refractivity (Wildman–Crippen MR) is 143 cm³/mol. The minimum atomic E-state index is -1.48. The first-order chi connectivity index (χ1) is 18.3. The molecule has 0 aliphatic carbocycles. The number of aryl methyl sites for hydroxylation is 1. The van der Waals surface area contributed by atoms with Crippen molar-refractivity contribution in [1.82, 2.24) is 10.6 Å². The number of ether oxygens (including phenoxy) is 1. The van der Waals surface area contributed by atoms with E-state index in [1.807, 2.05) is 13.8 Å². The largest absolute Gasteiger partial charge is 0.394 e. The molecule has 2 aliphatic rings. The van der Waals surface area contributed by atoms with Gasteiger partial charge in [0.25, 0.3) is 0 Å². The number of rotatable bonds is 9. The summed E-state index contributed by atoms with van der Waals surface area (Å²) in [5.74, 6) is -2.93. The number of anilines is 1. The number of carbonyl (C=O) groups excluding carboxylic acids is 2. The summed E-state index contributed by atoms with van der Waals surface area (Å²) in [7, 11) is 1.54. The maximum atomic E-state index is 15.0. The molecule has 1 saturated heterocycles. The molecule has 2 aromatic rings. The molecule has 11 heteroatoms. The minimum absolute atomic E-state index is 0.0716. The van der Waals surface area contributed by atoms with Gasteiger partial charge in [-0.1, -0.05) is 23.7 Å². The zero-order chi connectivity index (χ0) is 28.7. The van der Waals surface area contributed by atoms with Gasteiger partial charge in [-0.05, 0) is 68.5 Å². The van der Waals surface area contributed by atoms with Crippen molar-refractivity contribution in [1.29, 1.82) is 0 Å². The number of halogens is 3. The van der Waals surface area contributed by atoms with Crippen molar-refractivity contribution in [3.05, 3.63) is 63.7 Å². The molecule has 0 radical (unpaired) electrons. The molecule has 2 amide bonds. The van der Waals surface area contributed by atoms with E-state index in [1.165, 1.54) is 24.3 Å². The van der Waals surface area contributed by atoms with E-state index >= 15 is 0 Å². The van der Waals surface area contributed by atoms with Crippen LogP contribution in [0.15, 0.2) is 30.3 Å². The van der Waals surface area contributed by atoms with Gasteiger partial charge in [0.1, 0.15) is 17.0 Å². The topological polar surface area (TPSA) is 120 Å². The van der Waals surface area contributed by atoms with Crippen LogP contribution >= 0.6 is 11.6 Å². The van der Waals surface area contributed by atoms with Gasteiger partial charge >= 0.3 is 0 Å². The Bertz CT molecular complexity index is 1280. The Morgan fingerprint density at radius 3 is 2.62 bits per heavy atom. The van der Waals surface area contributed by atoms with E-state index in [4.69, 9.17) is 21.4 Å². The van der Waals surface area contributed by atoms with Gasteiger partial charge in [-0.2, -0.15) is 0 Å². The van der Waals surface area contributed by atoms with Gasteiger partial charge in [-0.3, -0.25) is 9.59 Å². The first-order valence-electron chi connectivity index (χ1n) is 12.8. The van der Waals surface area contributed by atoms with Crippen LogP contribution in [0.4, 0.5) is 14.5 Å². The molecule has 8 nitrogen and oxygen atoms in total. The Kier molecular flexibility index (Phi) is 8.35. The normalized spacial score (nSPS) is 25.1. The van der Waals surface area contributed by atoms with Crippen molar-refractivity contribution >= 4 is 29.1 Å². The van der Waals surface area contributed by atoms with Crippen molar-refractivity contribution in [2.24, 2.45) is 0 Å². The van der Waals surface area contributed by atoms with Crippen LogP contribution in [0.1, 0.15) is 49.3 Å². The van der Waals surface area contributed by atoms with Crippen LogP contribution < -0.4 is 16.0 Å². The van der Waals surface area contributed by atoms with Gasteiger partial charge in [0.05, 0.1) is 29.4 Å². The Balaban J connectivity index is 1.91.